The molecule has 0 fully saturated rings. The van der Waals surface area contributed by atoms with Gasteiger partial charge in [-0.05, 0) is 24.3 Å². The molecule has 0 bridgehead atoms. The van der Waals surface area contributed by atoms with E-state index >= 15 is 9.13 Å². The predicted molar refractivity (Wildman–Crippen MR) is 176 cm³/mol. The van der Waals surface area contributed by atoms with Crippen molar-refractivity contribution in [3.63, 3.8) is 0 Å². The Hall–Kier alpha value is -4.62. The van der Waals surface area contributed by atoms with Crippen molar-refractivity contribution in [1.82, 2.24) is 9.97 Å². The minimum Gasteiger partial charge on any atom is -0.309 e. The molecule has 2 aromatic heterocycles. The zero-order chi connectivity index (χ0) is 28.6. The minimum absolute atomic E-state index is 0.500. The van der Waals surface area contributed by atoms with Gasteiger partial charge in [-0.15, -0.1) is 0 Å². The van der Waals surface area contributed by atoms with Gasteiger partial charge in [-0.1, -0.05) is 127 Å². The van der Waals surface area contributed by atoms with Crippen LogP contribution in [-0.2, 0) is 9.13 Å². The average molecular weight is 581 g/mol. The van der Waals surface area contributed by atoms with E-state index in [2.05, 4.69) is 0 Å². The summed E-state index contributed by atoms with van der Waals surface area (Å²) in [4.78, 5) is 9.88. The van der Waals surface area contributed by atoms with E-state index in [1.807, 2.05) is 152 Å². The quantitative estimate of drug-likeness (QED) is 0.177. The van der Waals surface area contributed by atoms with Gasteiger partial charge in [0.25, 0.3) is 0 Å². The second kappa shape index (κ2) is 10.7. The molecule has 0 saturated carbocycles. The first kappa shape index (κ1) is 26.3. The van der Waals surface area contributed by atoms with Crippen molar-refractivity contribution >= 4 is 68.0 Å². The second-order valence-electron chi connectivity index (χ2n) is 10.1. The van der Waals surface area contributed by atoms with Crippen molar-refractivity contribution in [3.05, 3.63) is 158 Å². The molecule has 0 saturated heterocycles. The number of nitrogens with zero attached hydrogens (tertiary/aromatic N) is 2. The summed E-state index contributed by atoms with van der Waals surface area (Å²) in [5.41, 5.74) is 1.80. The molecule has 7 rings (SSSR count). The van der Waals surface area contributed by atoms with Crippen molar-refractivity contribution in [2.45, 2.75) is 0 Å². The van der Waals surface area contributed by atoms with Crippen molar-refractivity contribution in [2.75, 3.05) is 0 Å². The van der Waals surface area contributed by atoms with Crippen LogP contribution in [0.15, 0.2) is 158 Å². The fourth-order valence-electron chi connectivity index (χ4n) is 5.62. The molecule has 42 heavy (non-hydrogen) atoms. The molecule has 0 radical (unpaired) electrons. The first-order valence-corrected chi connectivity index (χ1v) is 17.1. The SMILES string of the molecule is O=P(c1ccccc1)(c1ccccc1)c1ccc2cc(P(=O)(c3ccccc3)c3ccccc3)c3ncccc3c2n1. The third kappa shape index (κ3) is 4.23. The summed E-state index contributed by atoms with van der Waals surface area (Å²) in [6, 6.07) is 47.9. The Labute approximate surface area is 244 Å². The van der Waals surface area contributed by atoms with Crippen LogP contribution in [0.4, 0.5) is 0 Å². The van der Waals surface area contributed by atoms with Gasteiger partial charge in [-0.25, -0.2) is 4.98 Å². The first-order valence-electron chi connectivity index (χ1n) is 13.7. The third-order valence-corrected chi connectivity index (χ3v) is 13.7. The zero-order valence-electron chi connectivity index (χ0n) is 22.6. The molecular weight excluding hydrogens is 554 g/mol. The van der Waals surface area contributed by atoms with E-state index in [1.165, 1.54) is 0 Å². The molecule has 0 amide bonds. The van der Waals surface area contributed by atoms with E-state index in [9.17, 15) is 0 Å². The van der Waals surface area contributed by atoms with E-state index < -0.39 is 14.3 Å². The molecule has 6 heteroatoms. The molecule has 0 N–H and O–H groups in total. The highest BCUT2D eigenvalue weighted by atomic mass is 31.2. The van der Waals surface area contributed by atoms with Gasteiger partial charge < -0.3 is 9.13 Å². The highest BCUT2D eigenvalue weighted by Gasteiger charge is 2.34. The van der Waals surface area contributed by atoms with Crippen LogP contribution in [0.5, 0.6) is 0 Å². The Morgan fingerprint density at radius 1 is 0.452 bits per heavy atom. The van der Waals surface area contributed by atoms with Crippen molar-refractivity contribution in [3.8, 4) is 0 Å². The lowest BCUT2D eigenvalue weighted by Crippen LogP contribution is -2.28. The maximum Gasteiger partial charge on any atom is 0.188 e. The zero-order valence-corrected chi connectivity index (χ0v) is 24.4. The molecule has 5 aromatic carbocycles. The topological polar surface area (TPSA) is 59.9 Å². The van der Waals surface area contributed by atoms with Gasteiger partial charge in [-0.2, -0.15) is 0 Å². The number of fused-ring (bicyclic) bond motifs is 3. The first-order chi connectivity index (χ1) is 20.6. The highest BCUT2D eigenvalue weighted by Crippen LogP contribution is 2.46. The van der Waals surface area contributed by atoms with Gasteiger partial charge >= 0.3 is 0 Å². The third-order valence-electron chi connectivity index (χ3n) is 7.65. The molecule has 0 aliphatic heterocycles. The molecule has 0 spiro atoms. The van der Waals surface area contributed by atoms with Crippen LogP contribution in [0.2, 0.25) is 0 Å². The van der Waals surface area contributed by atoms with Crippen LogP contribution < -0.4 is 32.0 Å². The standard InChI is InChI=1S/C36H26N2O2P2/c39-41(28-14-5-1-6-15-28,29-16-7-2-8-17-29)33-26-27-23-24-34(38-35(27)32-22-13-25-37-36(32)33)42(40,30-18-9-3-10-19-30)31-20-11-4-12-21-31/h1-26H. The fraction of sp³-hybridized carbons (Fsp3) is 0. The number of hydrogen-bond donors (Lipinski definition) is 0. The molecule has 202 valence electrons. The Bertz CT molecular complexity index is 2050. The van der Waals surface area contributed by atoms with E-state index in [0.717, 1.165) is 32.0 Å². The molecule has 0 atom stereocenters. The molecule has 0 unspecified atom stereocenters. The number of hydrogen-bond acceptors (Lipinski definition) is 4. The summed E-state index contributed by atoms with van der Waals surface area (Å²) in [5.74, 6) is 0. The monoisotopic (exact) mass is 580 g/mol. The number of benzene rings is 5. The number of pyridine rings is 2. The molecule has 0 aliphatic carbocycles. The smallest absolute Gasteiger partial charge is 0.188 e. The van der Waals surface area contributed by atoms with Crippen molar-refractivity contribution < 1.29 is 9.13 Å². The van der Waals surface area contributed by atoms with Gasteiger partial charge in [0.2, 0.25) is 0 Å². The van der Waals surface area contributed by atoms with E-state index in [1.54, 1.807) is 6.20 Å². The lowest BCUT2D eigenvalue weighted by Gasteiger charge is -2.23. The summed E-state index contributed by atoms with van der Waals surface area (Å²) >= 11 is 0. The maximum atomic E-state index is 15.4. The Morgan fingerprint density at radius 2 is 0.929 bits per heavy atom. The number of rotatable bonds is 6. The lowest BCUT2D eigenvalue weighted by atomic mass is 10.1. The number of aromatic nitrogens is 2. The highest BCUT2D eigenvalue weighted by molar-refractivity contribution is 7.86. The van der Waals surface area contributed by atoms with Crippen LogP contribution in [0, 0.1) is 0 Å². The van der Waals surface area contributed by atoms with Crippen LogP contribution in [0.25, 0.3) is 21.8 Å². The predicted octanol–water partition coefficient (Wildman–Crippen LogP) is 6.06. The minimum atomic E-state index is -3.31. The van der Waals surface area contributed by atoms with Crippen LogP contribution >= 0.6 is 14.3 Å². The summed E-state index contributed by atoms with van der Waals surface area (Å²) in [5, 5.41) is 5.17. The van der Waals surface area contributed by atoms with E-state index in [4.69, 9.17) is 9.97 Å². The largest absolute Gasteiger partial charge is 0.309 e. The summed E-state index contributed by atoms with van der Waals surface area (Å²) in [7, 11) is -6.60. The molecule has 4 nitrogen and oxygen atoms in total. The maximum absolute atomic E-state index is 15.4. The Kier molecular flexibility index (Phi) is 6.67. The van der Waals surface area contributed by atoms with Crippen LogP contribution in [0.1, 0.15) is 0 Å². The second-order valence-corrected chi connectivity index (χ2v) is 15.5. The van der Waals surface area contributed by atoms with E-state index in [-0.39, 0.29) is 0 Å². The summed E-state index contributed by atoms with van der Waals surface area (Å²) in [6.07, 6.45) is 1.72. The van der Waals surface area contributed by atoms with Gasteiger partial charge in [0.15, 0.2) is 14.3 Å². The average Bonchev–Trinajstić information content (AvgIpc) is 3.08. The summed E-state index contributed by atoms with van der Waals surface area (Å²) < 4.78 is 30.4. The van der Waals surface area contributed by atoms with Crippen molar-refractivity contribution in [2.24, 2.45) is 0 Å². The van der Waals surface area contributed by atoms with Gasteiger partial charge in [0, 0.05) is 43.5 Å². The molecule has 7 aromatic rings. The normalized spacial score (nSPS) is 12.0. The van der Waals surface area contributed by atoms with Crippen LogP contribution in [-0.4, -0.2) is 9.97 Å². The van der Waals surface area contributed by atoms with E-state index in [0.29, 0.717) is 21.8 Å². The Morgan fingerprint density at radius 3 is 1.43 bits per heavy atom. The van der Waals surface area contributed by atoms with Crippen LogP contribution in [0.3, 0.4) is 0 Å². The Balaban J connectivity index is 1.53. The van der Waals surface area contributed by atoms with Gasteiger partial charge in [-0.3, -0.25) is 4.98 Å². The molecular formula is C36H26N2O2P2. The van der Waals surface area contributed by atoms with Gasteiger partial charge in [0.1, 0.15) is 5.44 Å². The lowest BCUT2D eigenvalue weighted by molar-refractivity contribution is 0.591. The van der Waals surface area contributed by atoms with Crippen molar-refractivity contribution in [1.29, 1.82) is 0 Å². The molecule has 0 aliphatic rings. The summed E-state index contributed by atoms with van der Waals surface area (Å²) in [6.45, 7) is 0. The molecule has 2 heterocycles. The van der Waals surface area contributed by atoms with Gasteiger partial charge in [0.05, 0.1) is 11.0 Å². The fourth-order valence-corrected chi connectivity index (χ4v) is 11.0.